The van der Waals surface area contributed by atoms with Gasteiger partial charge in [0.15, 0.2) is 0 Å². The second-order valence-corrected chi connectivity index (χ2v) is 5.52. The maximum absolute atomic E-state index is 12.6. The lowest BCUT2D eigenvalue weighted by atomic mass is 9.76. The first-order chi connectivity index (χ1) is 9.16. The number of amides is 1. The second-order valence-electron chi connectivity index (χ2n) is 5.52. The third-order valence-electron chi connectivity index (χ3n) is 3.82. The first-order valence-electron chi connectivity index (χ1n) is 7.10. The van der Waals surface area contributed by atoms with E-state index >= 15 is 0 Å². The van der Waals surface area contributed by atoms with E-state index in [9.17, 15) is 4.79 Å². The van der Waals surface area contributed by atoms with Crippen LogP contribution in [0.3, 0.4) is 0 Å². The van der Waals surface area contributed by atoms with Crippen LogP contribution in [-0.2, 0) is 4.79 Å². The second kappa shape index (κ2) is 6.15. The number of anilines is 1. The number of hydrogen-bond acceptors (Lipinski definition) is 3. The maximum Gasteiger partial charge on any atom is 0.231 e. The lowest BCUT2D eigenvalue weighted by Gasteiger charge is -2.36. The van der Waals surface area contributed by atoms with Crippen molar-refractivity contribution in [2.24, 2.45) is 5.41 Å². The first kappa shape index (κ1) is 14.0. The van der Waals surface area contributed by atoms with Gasteiger partial charge in [-0.1, -0.05) is 13.3 Å². The van der Waals surface area contributed by atoms with Crippen LogP contribution in [0, 0.1) is 12.3 Å². The summed E-state index contributed by atoms with van der Waals surface area (Å²) in [7, 11) is 0. The normalized spacial score (nSPS) is 23.1. The summed E-state index contributed by atoms with van der Waals surface area (Å²) in [5, 5.41) is 6.40. The Morgan fingerprint density at radius 2 is 2.37 bits per heavy atom. The van der Waals surface area contributed by atoms with Gasteiger partial charge in [0.1, 0.15) is 0 Å². The molecule has 0 radical (unpaired) electrons. The Balaban J connectivity index is 2.11. The van der Waals surface area contributed by atoms with Gasteiger partial charge in [0.05, 0.1) is 17.3 Å². The van der Waals surface area contributed by atoms with Crippen LogP contribution in [-0.4, -0.2) is 24.0 Å². The Morgan fingerprint density at radius 1 is 1.53 bits per heavy atom. The van der Waals surface area contributed by atoms with E-state index in [4.69, 9.17) is 0 Å². The van der Waals surface area contributed by atoms with Crippen molar-refractivity contribution in [3.05, 3.63) is 24.0 Å². The Bertz CT molecular complexity index is 433. The van der Waals surface area contributed by atoms with Crippen LogP contribution in [0.1, 0.15) is 38.2 Å². The van der Waals surface area contributed by atoms with Crippen molar-refractivity contribution in [3.8, 4) is 0 Å². The fourth-order valence-electron chi connectivity index (χ4n) is 2.85. The molecule has 0 spiro atoms. The van der Waals surface area contributed by atoms with Crippen LogP contribution < -0.4 is 10.6 Å². The highest BCUT2D eigenvalue weighted by atomic mass is 16.2. The van der Waals surface area contributed by atoms with Gasteiger partial charge in [-0.15, -0.1) is 0 Å². The molecule has 4 heteroatoms. The maximum atomic E-state index is 12.6. The molecule has 0 aromatic carbocycles. The molecular weight excluding hydrogens is 238 g/mol. The highest BCUT2D eigenvalue weighted by Crippen LogP contribution is 2.33. The average Bonchev–Trinajstić information content (AvgIpc) is 2.40. The molecule has 104 valence electrons. The zero-order chi connectivity index (χ0) is 13.7. The molecule has 1 aliphatic rings. The number of carbonyl (C=O) groups is 1. The summed E-state index contributed by atoms with van der Waals surface area (Å²) < 4.78 is 0. The summed E-state index contributed by atoms with van der Waals surface area (Å²) in [6.45, 7) is 5.92. The molecular formula is C15H23N3O. The van der Waals surface area contributed by atoms with E-state index in [1.54, 1.807) is 12.4 Å². The number of nitrogens with one attached hydrogen (secondary N) is 2. The standard InChI is InChI=1S/C15H23N3O/c1-3-5-15(6-4-7-16-11-15)14(19)18-13-8-12(2)9-17-10-13/h8-10,16H,3-7,11H2,1-2H3,(H,18,19). The summed E-state index contributed by atoms with van der Waals surface area (Å²) in [5.74, 6) is 0.133. The lowest BCUT2D eigenvalue weighted by molar-refractivity contribution is -0.127. The lowest BCUT2D eigenvalue weighted by Crippen LogP contribution is -2.48. The monoisotopic (exact) mass is 261 g/mol. The summed E-state index contributed by atoms with van der Waals surface area (Å²) >= 11 is 0. The van der Waals surface area contributed by atoms with Gasteiger partial charge in [-0.3, -0.25) is 9.78 Å². The average molecular weight is 261 g/mol. The minimum absolute atomic E-state index is 0.133. The molecule has 2 rings (SSSR count). The summed E-state index contributed by atoms with van der Waals surface area (Å²) in [4.78, 5) is 16.7. The minimum atomic E-state index is -0.253. The predicted molar refractivity (Wildman–Crippen MR) is 77.0 cm³/mol. The van der Waals surface area contributed by atoms with Crippen LogP contribution in [0.4, 0.5) is 5.69 Å². The molecule has 0 saturated carbocycles. The van der Waals surface area contributed by atoms with E-state index in [1.807, 2.05) is 13.0 Å². The van der Waals surface area contributed by atoms with Gasteiger partial charge in [-0.25, -0.2) is 0 Å². The first-order valence-corrected chi connectivity index (χ1v) is 7.10. The molecule has 1 fully saturated rings. The predicted octanol–water partition coefficient (Wildman–Crippen LogP) is 2.50. The molecule has 1 aromatic heterocycles. The van der Waals surface area contributed by atoms with E-state index < -0.39 is 0 Å². The zero-order valence-electron chi connectivity index (χ0n) is 11.8. The number of aryl methyl sites for hydroxylation is 1. The largest absolute Gasteiger partial charge is 0.324 e. The number of rotatable bonds is 4. The van der Waals surface area contributed by atoms with Crippen molar-refractivity contribution < 1.29 is 4.79 Å². The molecule has 1 amide bonds. The van der Waals surface area contributed by atoms with Crippen molar-refractivity contribution in [3.63, 3.8) is 0 Å². The van der Waals surface area contributed by atoms with Gasteiger partial charge in [0.2, 0.25) is 5.91 Å². The van der Waals surface area contributed by atoms with Crippen LogP contribution in [0.25, 0.3) is 0 Å². The van der Waals surface area contributed by atoms with Gasteiger partial charge < -0.3 is 10.6 Å². The quantitative estimate of drug-likeness (QED) is 0.875. The van der Waals surface area contributed by atoms with Crippen molar-refractivity contribution >= 4 is 11.6 Å². The van der Waals surface area contributed by atoms with Crippen molar-refractivity contribution in [1.82, 2.24) is 10.3 Å². The number of pyridine rings is 1. The number of piperidine rings is 1. The van der Waals surface area contributed by atoms with Crippen molar-refractivity contribution in [1.29, 1.82) is 0 Å². The molecule has 1 aliphatic heterocycles. The van der Waals surface area contributed by atoms with Gasteiger partial charge in [-0.2, -0.15) is 0 Å². The Kier molecular flexibility index (Phi) is 4.53. The molecule has 1 atom stereocenters. The summed E-state index contributed by atoms with van der Waals surface area (Å²) in [5.41, 5.74) is 1.60. The number of carbonyl (C=O) groups excluding carboxylic acids is 1. The van der Waals surface area contributed by atoms with Crippen LogP contribution in [0.5, 0.6) is 0 Å². The SMILES string of the molecule is CCCC1(C(=O)Nc2cncc(C)c2)CCCNC1. The number of aromatic nitrogens is 1. The van der Waals surface area contributed by atoms with Crippen LogP contribution in [0.2, 0.25) is 0 Å². The highest BCUT2D eigenvalue weighted by molar-refractivity contribution is 5.95. The zero-order valence-corrected chi connectivity index (χ0v) is 11.8. The Hall–Kier alpha value is -1.42. The van der Waals surface area contributed by atoms with Gasteiger partial charge in [0, 0.05) is 12.7 Å². The van der Waals surface area contributed by atoms with E-state index in [0.717, 1.165) is 50.0 Å². The molecule has 1 saturated heterocycles. The topological polar surface area (TPSA) is 54.0 Å². The van der Waals surface area contributed by atoms with E-state index in [0.29, 0.717) is 0 Å². The third-order valence-corrected chi connectivity index (χ3v) is 3.82. The highest BCUT2D eigenvalue weighted by Gasteiger charge is 2.38. The molecule has 4 nitrogen and oxygen atoms in total. The third kappa shape index (κ3) is 3.32. The smallest absolute Gasteiger partial charge is 0.231 e. The Morgan fingerprint density at radius 3 is 3.00 bits per heavy atom. The van der Waals surface area contributed by atoms with Crippen LogP contribution >= 0.6 is 0 Å². The molecule has 2 heterocycles. The van der Waals surface area contributed by atoms with Gasteiger partial charge in [0.25, 0.3) is 0 Å². The van der Waals surface area contributed by atoms with E-state index in [1.165, 1.54) is 0 Å². The molecule has 19 heavy (non-hydrogen) atoms. The van der Waals surface area contributed by atoms with Gasteiger partial charge >= 0.3 is 0 Å². The number of nitrogens with zero attached hydrogens (tertiary/aromatic N) is 1. The van der Waals surface area contributed by atoms with Crippen LogP contribution in [0.15, 0.2) is 18.5 Å². The molecule has 0 aliphatic carbocycles. The molecule has 1 unspecified atom stereocenters. The van der Waals surface area contributed by atoms with Crippen molar-refractivity contribution in [2.75, 3.05) is 18.4 Å². The van der Waals surface area contributed by atoms with Gasteiger partial charge in [-0.05, 0) is 44.4 Å². The molecule has 1 aromatic rings. The fourth-order valence-corrected chi connectivity index (χ4v) is 2.85. The van der Waals surface area contributed by atoms with E-state index in [2.05, 4.69) is 22.5 Å². The van der Waals surface area contributed by atoms with Crippen molar-refractivity contribution in [2.45, 2.75) is 39.5 Å². The minimum Gasteiger partial charge on any atom is -0.324 e. The molecule has 0 bridgehead atoms. The summed E-state index contributed by atoms with van der Waals surface area (Å²) in [6.07, 6.45) is 7.51. The fraction of sp³-hybridized carbons (Fsp3) is 0.600. The number of hydrogen-bond donors (Lipinski definition) is 2. The Labute approximate surface area is 115 Å². The van der Waals surface area contributed by atoms with E-state index in [-0.39, 0.29) is 11.3 Å². The summed E-state index contributed by atoms with van der Waals surface area (Å²) in [6, 6.07) is 1.96. The molecule has 2 N–H and O–H groups in total.